The van der Waals surface area contributed by atoms with Crippen molar-refractivity contribution in [3.05, 3.63) is 64.1 Å². The van der Waals surface area contributed by atoms with E-state index in [2.05, 4.69) is 4.99 Å². The molecule has 2 aromatic rings. The van der Waals surface area contributed by atoms with Crippen LogP contribution in [-0.4, -0.2) is 42.3 Å². The van der Waals surface area contributed by atoms with Gasteiger partial charge in [0.2, 0.25) is 0 Å². The molecular formula is C18H14Cl2N2O3S2. The van der Waals surface area contributed by atoms with Crippen molar-refractivity contribution in [2.75, 3.05) is 16.4 Å². The minimum atomic E-state index is -3.15. The maximum atomic E-state index is 12.6. The van der Waals surface area contributed by atoms with Crippen molar-refractivity contribution in [3.63, 3.8) is 0 Å². The number of carbonyl (C=O) groups excluding carboxylic acids is 1. The van der Waals surface area contributed by atoms with Crippen molar-refractivity contribution in [1.82, 2.24) is 0 Å². The van der Waals surface area contributed by atoms with E-state index in [4.69, 9.17) is 23.2 Å². The first-order chi connectivity index (χ1) is 12.8. The lowest BCUT2D eigenvalue weighted by Gasteiger charge is -2.25. The summed E-state index contributed by atoms with van der Waals surface area (Å²) in [6.07, 6.45) is 0. The zero-order valence-corrected chi connectivity index (χ0v) is 17.0. The van der Waals surface area contributed by atoms with Gasteiger partial charge in [0.25, 0.3) is 5.91 Å². The number of sulfone groups is 1. The standard InChI is InChI=1S/C18H14Cl2N2O3S2/c19-12-6-7-13(20)14(8-12)22-15-9-27(24,25)10-16(15)26-18(22)21-17(23)11-4-2-1-3-5-11/h1-8,15-16H,9-10H2/t15-,16+/m1/s1. The van der Waals surface area contributed by atoms with Crippen LogP contribution in [0.15, 0.2) is 53.5 Å². The molecule has 0 unspecified atom stereocenters. The lowest BCUT2D eigenvalue weighted by molar-refractivity contribution is 0.100. The van der Waals surface area contributed by atoms with Gasteiger partial charge >= 0.3 is 0 Å². The number of rotatable bonds is 2. The molecule has 2 aromatic carbocycles. The Balaban J connectivity index is 1.78. The van der Waals surface area contributed by atoms with Crippen LogP contribution >= 0.6 is 35.0 Å². The van der Waals surface area contributed by atoms with Crippen LogP contribution < -0.4 is 4.90 Å². The van der Waals surface area contributed by atoms with Crippen molar-refractivity contribution in [2.24, 2.45) is 4.99 Å². The number of amides is 1. The van der Waals surface area contributed by atoms with Crippen LogP contribution in [0.25, 0.3) is 0 Å². The zero-order valence-electron chi connectivity index (χ0n) is 13.9. The molecule has 2 fully saturated rings. The molecule has 27 heavy (non-hydrogen) atoms. The van der Waals surface area contributed by atoms with Crippen LogP contribution in [-0.2, 0) is 9.84 Å². The topological polar surface area (TPSA) is 66.8 Å². The van der Waals surface area contributed by atoms with E-state index in [1.165, 1.54) is 11.8 Å². The van der Waals surface area contributed by atoms with Crippen LogP contribution in [0.5, 0.6) is 0 Å². The number of thioether (sulfide) groups is 1. The average Bonchev–Trinajstić information content (AvgIpc) is 3.09. The second kappa shape index (κ2) is 7.13. The molecular weight excluding hydrogens is 427 g/mol. The molecule has 0 spiro atoms. The number of nitrogens with zero attached hydrogens (tertiary/aromatic N) is 2. The number of hydrogen-bond acceptors (Lipinski definition) is 4. The number of amidine groups is 1. The molecule has 2 heterocycles. The van der Waals surface area contributed by atoms with Crippen molar-refractivity contribution in [3.8, 4) is 0 Å². The summed E-state index contributed by atoms with van der Waals surface area (Å²) < 4.78 is 24.2. The molecule has 1 amide bonds. The number of carbonyl (C=O) groups is 1. The normalized spacial score (nSPS) is 25.0. The van der Waals surface area contributed by atoms with Crippen LogP contribution in [0.1, 0.15) is 10.4 Å². The Labute approximate surface area is 171 Å². The molecule has 0 radical (unpaired) electrons. The number of benzene rings is 2. The van der Waals surface area contributed by atoms with Gasteiger partial charge < -0.3 is 4.90 Å². The molecule has 0 N–H and O–H groups in total. The van der Waals surface area contributed by atoms with Gasteiger partial charge in [0.15, 0.2) is 15.0 Å². The van der Waals surface area contributed by atoms with E-state index in [1.54, 1.807) is 47.4 Å². The smallest absolute Gasteiger partial charge is 0.279 e. The summed E-state index contributed by atoms with van der Waals surface area (Å²) in [5, 5.41) is 1.13. The summed E-state index contributed by atoms with van der Waals surface area (Å²) in [4.78, 5) is 18.6. The van der Waals surface area contributed by atoms with Crippen LogP contribution in [0.3, 0.4) is 0 Å². The molecule has 5 nitrogen and oxygen atoms in total. The van der Waals surface area contributed by atoms with E-state index >= 15 is 0 Å². The largest absolute Gasteiger partial charge is 0.314 e. The Kier molecular flexibility index (Phi) is 4.96. The molecule has 2 aliphatic rings. The number of hydrogen-bond donors (Lipinski definition) is 0. The summed E-state index contributed by atoms with van der Waals surface area (Å²) in [5.41, 5.74) is 1.02. The highest BCUT2D eigenvalue weighted by atomic mass is 35.5. The molecule has 140 valence electrons. The Hall–Kier alpha value is -1.54. The van der Waals surface area contributed by atoms with Gasteiger partial charge in [-0.3, -0.25) is 4.79 Å². The SMILES string of the molecule is O=C(N=C1S[C@H]2CS(=O)(=O)C[C@H]2N1c1cc(Cl)ccc1Cl)c1ccccc1. The lowest BCUT2D eigenvalue weighted by Crippen LogP contribution is -2.38. The number of aliphatic imine (C=N–C) groups is 1. The monoisotopic (exact) mass is 440 g/mol. The second-order valence-corrected chi connectivity index (χ2v) is 10.5. The zero-order chi connectivity index (χ0) is 19.2. The van der Waals surface area contributed by atoms with E-state index in [1.807, 2.05) is 6.07 Å². The summed E-state index contributed by atoms with van der Waals surface area (Å²) in [6, 6.07) is 13.4. The maximum Gasteiger partial charge on any atom is 0.279 e. The highest BCUT2D eigenvalue weighted by Gasteiger charge is 2.49. The van der Waals surface area contributed by atoms with Gasteiger partial charge in [-0.05, 0) is 30.3 Å². The predicted octanol–water partition coefficient (Wildman–Crippen LogP) is 3.91. The van der Waals surface area contributed by atoms with E-state index in [0.29, 0.717) is 26.5 Å². The maximum absolute atomic E-state index is 12.6. The Morgan fingerprint density at radius 3 is 2.59 bits per heavy atom. The summed E-state index contributed by atoms with van der Waals surface area (Å²) in [6.45, 7) is 0. The van der Waals surface area contributed by atoms with Gasteiger partial charge in [-0.1, -0.05) is 53.2 Å². The fourth-order valence-corrected chi connectivity index (χ4v) is 7.53. The van der Waals surface area contributed by atoms with E-state index in [9.17, 15) is 13.2 Å². The molecule has 2 aliphatic heterocycles. The Bertz CT molecular complexity index is 1040. The average molecular weight is 441 g/mol. The molecule has 0 aliphatic carbocycles. The van der Waals surface area contributed by atoms with Crippen molar-refractivity contribution in [2.45, 2.75) is 11.3 Å². The van der Waals surface area contributed by atoms with Gasteiger partial charge in [0.1, 0.15) is 0 Å². The van der Waals surface area contributed by atoms with Crippen molar-refractivity contribution >= 4 is 61.6 Å². The molecule has 9 heteroatoms. The molecule has 0 bridgehead atoms. The lowest BCUT2D eigenvalue weighted by atomic mass is 10.2. The fraction of sp³-hybridized carbons (Fsp3) is 0.222. The van der Waals surface area contributed by atoms with E-state index in [-0.39, 0.29) is 28.7 Å². The first kappa shape index (κ1) is 18.8. The summed E-state index contributed by atoms with van der Waals surface area (Å²) in [7, 11) is -3.15. The van der Waals surface area contributed by atoms with Gasteiger partial charge in [-0.2, -0.15) is 4.99 Å². The van der Waals surface area contributed by atoms with Crippen molar-refractivity contribution in [1.29, 1.82) is 0 Å². The predicted molar refractivity (Wildman–Crippen MR) is 111 cm³/mol. The van der Waals surface area contributed by atoms with Gasteiger partial charge in [-0.15, -0.1) is 0 Å². The third-order valence-corrected chi connectivity index (χ3v) is 8.22. The van der Waals surface area contributed by atoms with E-state index in [0.717, 1.165) is 0 Å². The number of anilines is 1. The van der Waals surface area contributed by atoms with Crippen LogP contribution in [0.4, 0.5) is 5.69 Å². The third kappa shape index (κ3) is 3.74. The summed E-state index contributed by atoms with van der Waals surface area (Å²) in [5.74, 6) is -0.342. The Morgan fingerprint density at radius 2 is 1.85 bits per heavy atom. The quantitative estimate of drug-likeness (QED) is 0.707. The molecule has 0 aromatic heterocycles. The number of fused-ring (bicyclic) bond motifs is 1. The third-order valence-electron chi connectivity index (χ3n) is 4.45. The first-order valence-corrected chi connectivity index (χ1v) is 11.6. The Morgan fingerprint density at radius 1 is 1.11 bits per heavy atom. The molecule has 2 atom stereocenters. The highest BCUT2D eigenvalue weighted by Crippen LogP contribution is 2.43. The minimum Gasteiger partial charge on any atom is -0.314 e. The van der Waals surface area contributed by atoms with Crippen LogP contribution in [0, 0.1) is 0 Å². The first-order valence-electron chi connectivity index (χ1n) is 8.13. The van der Waals surface area contributed by atoms with Gasteiger partial charge in [-0.25, -0.2) is 8.42 Å². The van der Waals surface area contributed by atoms with Gasteiger partial charge in [0.05, 0.1) is 28.3 Å². The van der Waals surface area contributed by atoms with E-state index < -0.39 is 9.84 Å². The van der Waals surface area contributed by atoms with Gasteiger partial charge in [0, 0.05) is 15.8 Å². The minimum absolute atomic E-state index is 0.00788. The van der Waals surface area contributed by atoms with Crippen LogP contribution in [0.2, 0.25) is 10.0 Å². The molecule has 0 saturated carbocycles. The molecule has 4 rings (SSSR count). The number of halogens is 2. The summed E-state index contributed by atoms with van der Waals surface area (Å²) >= 11 is 13.8. The fourth-order valence-electron chi connectivity index (χ4n) is 3.25. The molecule has 2 saturated heterocycles. The second-order valence-electron chi connectivity index (χ2n) is 6.33. The highest BCUT2D eigenvalue weighted by molar-refractivity contribution is 8.16. The van der Waals surface area contributed by atoms with Crippen molar-refractivity contribution < 1.29 is 13.2 Å².